The Kier molecular flexibility index (Phi) is 5.07. The molecule has 3 nitrogen and oxygen atoms in total. The van der Waals surface area contributed by atoms with Gasteiger partial charge in [0.15, 0.2) is 0 Å². The number of benzene rings is 1. The van der Waals surface area contributed by atoms with Crippen LogP contribution in [0.2, 0.25) is 0 Å². The summed E-state index contributed by atoms with van der Waals surface area (Å²) in [7, 11) is 0. The molecule has 1 aliphatic rings. The summed E-state index contributed by atoms with van der Waals surface area (Å²) in [5.41, 5.74) is 5.97. The van der Waals surface area contributed by atoms with Gasteiger partial charge in [-0.3, -0.25) is 4.79 Å². The molecule has 5 heteroatoms. The van der Waals surface area contributed by atoms with Crippen LogP contribution < -0.4 is 5.73 Å². The Labute approximate surface area is 117 Å². The number of amides is 1. The third-order valence-corrected chi connectivity index (χ3v) is 4.18. The van der Waals surface area contributed by atoms with Gasteiger partial charge in [0, 0.05) is 23.7 Å². The fraction of sp³-hybridized carbons (Fsp3) is 0.500. The van der Waals surface area contributed by atoms with Gasteiger partial charge in [0.25, 0.3) is 0 Å². The highest BCUT2D eigenvalue weighted by Crippen LogP contribution is 2.23. The van der Waals surface area contributed by atoms with Crippen molar-refractivity contribution in [2.24, 2.45) is 0 Å². The number of carbonyl (C=O) groups is 1. The maximum absolute atomic E-state index is 13.2. The van der Waals surface area contributed by atoms with Crippen LogP contribution in [0.1, 0.15) is 25.7 Å². The van der Waals surface area contributed by atoms with E-state index in [0.717, 1.165) is 25.9 Å². The second kappa shape index (κ2) is 6.80. The fourth-order valence-corrected chi connectivity index (χ4v) is 3.11. The fourth-order valence-electron chi connectivity index (χ4n) is 2.22. The molecule has 0 aromatic heterocycles. The number of thioether (sulfide) groups is 1. The van der Waals surface area contributed by atoms with E-state index in [-0.39, 0.29) is 11.7 Å². The van der Waals surface area contributed by atoms with E-state index in [0.29, 0.717) is 16.3 Å². The Morgan fingerprint density at radius 1 is 1.21 bits per heavy atom. The van der Waals surface area contributed by atoms with Crippen LogP contribution in [0.25, 0.3) is 0 Å². The van der Waals surface area contributed by atoms with E-state index < -0.39 is 0 Å². The lowest BCUT2D eigenvalue weighted by Crippen LogP contribution is -2.33. The van der Waals surface area contributed by atoms with Crippen LogP contribution in [0.3, 0.4) is 0 Å². The van der Waals surface area contributed by atoms with Crippen molar-refractivity contribution in [1.82, 2.24) is 4.90 Å². The van der Waals surface area contributed by atoms with Gasteiger partial charge < -0.3 is 10.6 Å². The topological polar surface area (TPSA) is 46.3 Å². The Morgan fingerprint density at radius 3 is 2.53 bits per heavy atom. The highest BCUT2D eigenvalue weighted by Gasteiger charge is 2.15. The largest absolute Gasteiger partial charge is 0.399 e. The van der Waals surface area contributed by atoms with Crippen molar-refractivity contribution in [2.75, 3.05) is 24.6 Å². The van der Waals surface area contributed by atoms with E-state index in [1.54, 1.807) is 6.07 Å². The smallest absolute Gasteiger partial charge is 0.232 e. The summed E-state index contributed by atoms with van der Waals surface area (Å²) in [5.74, 6) is 0.127. The Morgan fingerprint density at radius 2 is 1.89 bits per heavy atom. The van der Waals surface area contributed by atoms with E-state index in [1.807, 2.05) is 4.90 Å². The van der Waals surface area contributed by atoms with Gasteiger partial charge in [0.05, 0.1) is 5.75 Å². The molecular weight excluding hydrogens is 263 g/mol. The number of hydrogen-bond acceptors (Lipinski definition) is 3. The van der Waals surface area contributed by atoms with Crippen molar-refractivity contribution >= 4 is 23.4 Å². The summed E-state index contributed by atoms with van der Waals surface area (Å²) in [6.07, 6.45) is 4.58. The Balaban J connectivity index is 1.88. The second-order valence-corrected chi connectivity index (χ2v) is 5.85. The number of halogens is 1. The first-order valence-corrected chi connectivity index (χ1v) is 7.60. The van der Waals surface area contributed by atoms with Crippen molar-refractivity contribution in [3.63, 3.8) is 0 Å². The molecule has 1 saturated heterocycles. The monoisotopic (exact) mass is 282 g/mol. The summed E-state index contributed by atoms with van der Waals surface area (Å²) in [5, 5.41) is 0. The molecule has 1 aromatic carbocycles. The average molecular weight is 282 g/mol. The molecule has 1 fully saturated rings. The zero-order valence-corrected chi connectivity index (χ0v) is 11.7. The molecule has 0 unspecified atom stereocenters. The van der Waals surface area contributed by atoms with Gasteiger partial charge in [0.2, 0.25) is 5.91 Å². The van der Waals surface area contributed by atoms with Gasteiger partial charge in [-0.05, 0) is 31.0 Å². The average Bonchev–Trinajstić information content (AvgIpc) is 2.63. The minimum absolute atomic E-state index is 0.134. The SMILES string of the molecule is Nc1cc(F)cc(SCC(=O)N2CCCCCC2)c1. The summed E-state index contributed by atoms with van der Waals surface area (Å²) >= 11 is 1.35. The van der Waals surface area contributed by atoms with Gasteiger partial charge in [0.1, 0.15) is 5.82 Å². The molecule has 1 amide bonds. The number of nitrogens with zero attached hydrogens (tertiary/aromatic N) is 1. The molecule has 2 N–H and O–H groups in total. The summed E-state index contributed by atoms with van der Waals surface area (Å²) in [6, 6.07) is 4.39. The maximum Gasteiger partial charge on any atom is 0.232 e. The number of hydrogen-bond donors (Lipinski definition) is 1. The van der Waals surface area contributed by atoms with Crippen LogP contribution in [-0.2, 0) is 4.79 Å². The van der Waals surface area contributed by atoms with Crippen LogP contribution in [0.5, 0.6) is 0 Å². The van der Waals surface area contributed by atoms with E-state index in [4.69, 9.17) is 5.73 Å². The van der Waals surface area contributed by atoms with E-state index >= 15 is 0 Å². The highest BCUT2D eigenvalue weighted by molar-refractivity contribution is 8.00. The third kappa shape index (κ3) is 4.42. The molecule has 0 bridgehead atoms. The predicted molar refractivity (Wildman–Crippen MR) is 76.6 cm³/mol. The zero-order valence-electron chi connectivity index (χ0n) is 10.9. The minimum atomic E-state index is -0.357. The van der Waals surface area contributed by atoms with Crippen molar-refractivity contribution in [3.05, 3.63) is 24.0 Å². The van der Waals surface area contributed by atoms with Gasteiger partial charge in [-0.2, -0.15) is 0 Å². The standard InChI is InChI=1S/C14H19FN2OS/c15-11-7-12(16)9-13(8-11)19-10-14(18)17-5-3-1-2-4-6-17/h7-9H,1-6,10,16H2. The van der Waals surface area contributed by atoms with Crippen molar-refractivity contribution in [2.45, 2.75) is 30.6 Å². The predicted octanol–water partition coefficient (Wildman–Crippen LogP) is 2.90. The summed E-state index contributed by atoms with van der Waals surface area (Å²) in [4.78, 5) is 14.7. The molecule has 1 aromatic rings. The number of anilines is 1. The van der Waals surface area contributed by atoms with E-state index in [9.17, 15) is 9.18 Å². The molecule has 2 rings (SSSR count). The number of carbonyl (C=O) groups excluding carboxylic acids is 1. The van der Waals surface area contributed by atoms with Gasteiger partial charge in [-0.25, -0.2) is 4.39 Å². The van der Waals surface area contributed by atoms with Crippen molar-refractivity contribution < 1.29 is 9.18 Å². The van der Waals surface area contributed by atoms with Crippen LogP contribution in [0, 0.1) is 5.82 Å². The third-order valence-electron chi connectivity index (χ3n) is 3.21. The summed E-state index contributed by atoms with van der Waals surface area (Å²) < 4.78 is 13.2. The molecule has 0 saturated carbocycles. The molecule has 19 heavy (non-hydrogen) atoms. The lowest BCUT2D eigenvalue weighted by atomic mass is 10.2. The van der Waals surface area contributed by atoms with Crippen LogP contribution in [-0.4, -0.2) is 29.6 Å². The van der Waals surface area contributed by atoms with Crippen LogP contribution in [0.15, 0.2) is 23.1 Å². The molecule has 0 atom stereocenters. The lowest BCUT2D eigenvalue weighted by molar-refractivity contribution is -0.128. The molecule has 0 aliphatic carbocycles. The van der Waals surface area contributed by atoms with Gasteiger partial charge >= 0.3 is 0 Å². The van der Waals surface area contributed by atoms with Gasteiger partial charge in [-0.1, -0.05) is 12.8 Å². The summed E-state index contributed by atoms with van der Waals surface area (Å²) in [6.45, 7) is 1.70. The van der Waals surface area contributed by atoms with Crippen molar-refractivity contribution in [3.8, 4) is 0 Å². The molecule has 0 radical (unpaired) electrons. The highest BCUT2D eigenvalue weighted by atomic mass is 32.2. The van der Waals surface area contributed by atoms with Crippen LogP contribution >= 0.6 is 11.8 Å². The quantitative estimate of drug-likeness (QED) is 0.685. The molecule has 1 aliphatic heterocycles. The minimum Gasteiger partial charge on any atom is -0.399 e. The molecular formula is C14H19FN2OS. The van der Waals surface area contributed by atoms with E-state index in [2.05, 4.69) is 0 Å². The molecule has 104 valence electrons. The van der Waals surface area contributed by atoms with Gasteiger partial charge in [-0.15, -0.1) is 11.8 Å². The van der Waals surface area contributed by atoms with Crippen LogP contribution in [0.4, 0.5) is 10.1 Å². The first-order chi connectivity index (χ1) is 9.15. The van der Waals surface area contributed by atoms with E-state index in [1.165, 1.54) is 36.7 Å². The number of nitrogen functional groups attached to an aromatic ring is 1. The first kappa shape index (κ1) is 14.2. The van der Waals surface area contributed by atoms with Crippen molar-refractivity contribution in [1.29, 1.82) is 0 Å². The number of likely N-dealkylation sites (tertiary alicyclic amines) is 1. The number of rotatable bonds is 3. The normalized spacial score (nSPS) is 16.2. The lowest BCUT2D eigenvalue weighted by Gasteiger charge is -2.20. The molecule has 0 spiro atoms. The Hall–Kier alpha value is -1.23. The molecule has 1 heterocycles. The second-order valence-electron chi connectivity index (χ2n) is 4.80. The number of nitrogens with two attached hydrogens (primary N) is 1. The first-order valence-electron chi connectivity index (χ1n) is 6.62. The zero-order chi connectivity index (χ0) is 13.7. The maximum atomic E-state index is 13.2. The Bertz CT molecular complexity index is 425.